The molecule has 2 aromatic heterocycles. The third-order valence-corrected chi connectivity index (χ3v) is 9.15. The van der Waals surface area contributed by atoms with Gasteiger partial charge < -0.3 is 24.8 Å². The summed E-state index contributed by atoms with van der Waals surface area (Å²) in [6.45, 7) is 11.8. The molecule has 1 atom stereocenters. The molecule has 0 saturated heterocycles. The van der Waals surface area contributed by atoms with Gasteiger partial charge in [0.1, 0.15) is 0 Å². The number of rotatable bonds is 12. The monoisotopic (exact) mass is 616 g/mol. The normalized spacial score (nSPS) is 17.5. The number of allylic oxidation sites excluding steroid dienone is 1. The Hall–Kier alpha value is -4.47. The summed E-state index contributed by atoms with van der Waals surface area (Å²) >= 11 is 0. The van der Waals surface area contributed by atoms with Gasteiger partial charge >= 0.3 is 11.9 Å². The highest BCUT2D eigenvalue weighted by Crippen LogP contribution is 2.27. The summed E-state index contributed by atoms with van der Waals surface area (Å²) in [4.78, 5) is 60.6. The van der Waals surface area contributed by atoms with Crippen molar-refractivity contribution in [3.63, 3.8) is 0 Å². The minimum Gasteiger partial charge on any atom is -0.469 e. The quantitative estimate of drug-likeness (QED) is 0.313. The van der Waals surface area contributed by atoms with Crippen molar-refractivity contribution in [2.45, 2.75) is 92.5 Å². The van der Waals surface area contributed by atoms with Gasteiger partial charge in [-0.05, 0) is 98.9 Å². The summed E-state index contributed by atoms with van der Waals surface area (Å²) in [5.74, 6) is -0.854. The first-order valence-corrected chi connectivity index (χ1v) is 15.5. The number of carbonyl (C=O) groups excluding carboxylic acids is 4. The summed E-state index contributed by atoms with van der Waals surface area (Å²) in [5, 5.41) is 4.71. The molecule has 2 aromatic rings. The van der Waals surface area contributed by atoms with Crippen LogP contribution in [-0.2, 0) is 47.9 Å². The number of amides is 2. The van der Waals surface area contributed by atoms with Crippen LogP contribution in [0.15, 0.2) is 27.3 Å². The van der Waals surface area contributed by atoms with Gasteiger partial charge in [0, 0.05) is 52.5 Å². The SMILES string of the molecule is CCC1=C(C)C(=O)N=C1/C=c1/[nH]/c(=C\c2[nH]c(C[C@H]3NC(=O)C(CC)=C3C)c(C)c2CCC(=O)OC)c(CCC(=O)OC)c1C. The topological polar surface area (TPSA) is 143 Å². The zero-order valence-corrected chi connectivity index (χ0v) is 27.6. The molecule has 0 unspecified atom stereocenters. The lowest BCUT2D eigenvalue weighted by atomic mass is 9.98. The number of aromatic amines is 2. The molecular weight excluding hydrogens is 572 g/mol. The molecule has 4 heterocycles. The van der Waals surface area contributed by atoms with Gasteiger partial charge in [0.15, 0.2) is 0 Å². The molecule has 0 fully saturated rings. The van der Waals surface area contributed by atoms with Gasteiger partial charge in [-0.15, -0.1) is 0 Å². The molecule has 10 nitrogen and oxygen atoms in total. The van der Waals surface area contributed by atoms with Gasteiger partial charge in [-0.3, -0.25) is 19.2 Å². The van der Waals surface area contributed by atoms with E-state index in [1.54, 1.807) is 6.92 Å². The number of esters is 2. The van der Waals surface area contributed by atoms with Crippen LogP contribution in [0.5, 0.6) is 0 Å². The molecule has 2 aliphatic heterocycles. The van der Waals surface area contributed by atoms with E-state index in [0.717, 1.165) is 61.1 Å². The van der Waals surface area contributed by atoms with Crippen LogP contribution in [0.2, 0.25) is 0 Å². The molecule has 3 N–H and O–H groups in total. The number of hydrogen-bond acceptors (Lipinski definition) is 6. The molecule has 240 valence electrons. The molecule has 10 heteroatoms. The van der Waals surface area contributed by atoms with Gasteiger partial charge in [0.05, 0.1) is 26.0 Å². The van der Waals surface area contributed by atoms with E-state index < -0.39 is 0 Å². The number of H-pyrrole nitrogens is 2. The summed E-state index contributed by atoms with van der Waals surface area (Å²) in [6, 6.07) is -0.116. The van der Waals surface area contributed by atoms with Crippen molar-refractivity contribution in [1.29, 1.82) is 0 Å². The van der Waals surface area contributed by atoms with Crippen molar-refractivity contribution in [2.75, 3.05) is 14.2 Å². The number of aliphatic imine (C=N–C) groups is 1. The van der Waals surface area contributed by atoms with E-state index in [1.807, 2.05) is 46.8 Å². The van der Waals surface area contributed by atoms with Crippen LogP contribution in [0.3, 0.4) is 0 Å². The van der Waals surface area contributed by atoms with Crippen molar-refractivity contribution in [3.05, 3.63) is 66.6 Å². The first kappa shape index (κ1) is 33.4. The first-order chi connectivity index (χ1) is 21.4. The van der Waals surface area contributed by atoms with Crippen LogP contribution >= 0.6 is 0 Å². The van der Waals surface area contributed by atoms with Crippen molar-refractivity contribution in [1.82, 2.24) is 15.3 Å². The van der Waals surface area contributed by atoms with Crippen molar-refractivity contribution in [2.24, 2.45) is 4.99 Å². The van der Waals surface area contributed by atoms with Crippen LogP contribution in [0, 0.1) is 13.8 Å². The maximum atomic E-state index is 12.5. The first-order valence-electron chi connectivity index (χ1n) is 15.5. The van der Waals surface area contributed by atoms with E-state index in [9.17, 15) is 19.2 Å². The van der Waals surface area contributed by atoms with Crippen molar-refractivity contribution in [3.8, 4) is 0 Å². The number of ether oxygens (including phenoxy) is 2. The molecular formula is C35H44N4O6. The third-order valence-electron chi connectivity index (χ3n) is 9.15. The Morgan fingerprint density at radius 2 is 1.44 bits per heavy atom. The molecule has 0 aromatic carbocycles. The van der Waals surface area contributed by atoms with E-state index >= 15 is 0 Å². The Labute approximate surface area is 263 Å². The second-order valence-electron chi connectivity index (χ2n) is 11.6. The summed E-state index contributed by atoms with van der Waals surface area (Å²) in [7, 11) is 2.75. The Morgan fingerprint density at radius 3 is 2.02 bits per heavy atom. The predicted octanol–water partition coefficient (Wildman–Crippen LogP) is 3.26. The fraction of sp³-hybridized carbons (Fsp3) is 0.457. The standard InChI is InChI=1S/C35H44N4O6/c1-9-22-21(6)34(42)39-29(22)16-27-20(5)25(12-14-33(41)45-8)31(37-27)17-30-24(11-13-32(40)44-7)19(4)26(36-30)15-28-18(3)23(10-2)35(43)38-28/h16-17,28,36-37H,9-15H2,1-8H3,(H,38,43)/b27-16+,31-17-/t28-/m1/s1. The molecule has 0 saturated carbocycles. The third kappa shape index (κ3) is 6.95. The molecule has 2 amide bonds. The van der Waals surface area contributed by atoms with E-state index in [4.69, 9.17) is 9.47 Å². The van der Waals surface area contributed by atoms with Crippen molar-refractivity contribution >= 4 is 41.6 Å². The molecule has 0 aliphatic carbocycles. The zero-order chi connectivity index (χ0) is 33.0. The van der Waals surface area contributed by atoms with Crippen LogP contribution < -0.4 is 16.0 Å². The smallest absolute Gasteiger partial charge is 0.305 e. The number of nitrogens with zero attached hydrogens (tertiary/aromatic N) is 1. The molecule has 45 heavy (non-hydrogen) atoms. The Morgan fingerprint density at radius 1 is 0.822 bits per heavy atom. The molecule has 0 radical (unpaired) electrons. The Balaban J connectivity index is 1.86. The largest absolute Gasteiger partial charge is 0.469 e. The lowest BCUT2D eigenvalue weighted by molar-refractivity contribution is -0.141. The van der Waals surface area contributed by atoms with Crippen molar-refractivity contribution < 1.29 is 28.7 Å². The predicted molar refractivity (Wildman–Crippen MR) is 173 cm³/mol. The van der Waals surface area contributed by atoms with Gasteiger partial charge in [0.25, 0.3) is 5.91 Å². The number of aromatic nitrogens is 2. The van der Waals surface area contributed by atoms with Crippen LogP contribution in [-0.4, -0.2) is 59.7 Å². The maximum Gasteiger partial charge on any atom is 0.305 e. The minimum atomic E-state index is -0.310. The molecule has 0 bridgehead atoms. The second kappa shape index (κ2) is 14.1. The fourth-order valence-electron chi connectivity index (χ4n) is 6.31. The minimum absolute atomic E-state index is 0.0207. The van der Waals surface area contributed by atoms with Crippen LogP contribution in [0.1, 0.15) is 87.0 Å². The molecule has 2 aliphatic rings. The lowest BCUT2D eigenvalue weighted by Gasteiger charge is -2.12. The lowest BCUT2D eigenvalue weighted by Crippen LogP contribution is -2.30. The zero-order valence-electron chi connectivity index (χ0n) is 27.6. The summed E-state index contributed by atoms with van der Waals surface area (Å²) < 4.78 is 9.85. The van der Waals surface area contributed by atoms with E-state index in [1.165, 1.54) is 14.2 Å². The van der Waals surface area contributed by atoms with Crippen LogP contribution in [0.25, 0.3) is 12.2 Å². The average molecular weight is 617 g/mol. The molecule has 4 rings (SSSR count). The number of carbonyl (C=O) groups is 4. The maximum absolute atomic E-state index is 12.5. The Bertz CT molecular complexity index is 1760. The summed E-state index contributed by atoms with van der Waals surface area (Å²) in [5.41, 5.74) is 9.78. The van der Waals surface area contributed by atoms with E-state index in [2.05, 4.69) is 20.3 Å². The highest BCUT2D eigenvalue weighted by Gasteiger charge is 2.29. The Kier molecular flexibility index (Phi) is 10.5. The molecule has 0 spiro atoms. The number of methoxy groups -OCH3 is 2. The van der Waals surface area contributed by atoms with Gasteiger partial charge in [-0.1, -0.05) is 13.8 Å². The van der Waals surface area contributed by atoms with E-state index in [0.29, 0.717) is 43.4 Å². The van der Waals surface area contributed by atoms with Gasteiger partial charge in [-0.2, -0.15) is 0 Å². The summed E-state index contributed by atoms with van der Waals surface area (Å²) in [6.07, 6.45) is 7.18. The average Bonchev–Trinajstić information content (AvgIpc) is 3.66. The van der Waals surface area contributed by atoms with Gasteiger partial charge in [0.2, 0.25) is 5.91 Å². The number of hydrogen-bond donors (Lipinski definition) is 3. The highest BCUT2D eigenvalue weighted by molar-refractivity contribution is 6.30. The van der Waals surface area contributed by atoms with E-state index in [-0.39, 0.29) is 42.6 Å². The second-order valence-corrected chi connectivity index (χ2v) is 11.6. The fourth-order valence-corrected chi connectivity index (χ4v) is 6.31. The number of nitrogens with one attached hydrogen (secondary N) is 3. The van der Waals surface area contributed by atoms with Crippen LogP contribution in [0.4, 0.5) is 0 Å². The van der Waals surface area contributed by atoms with Gasteiger partial charge in [-0.25, -0.2) is 4.99 Å². The highest BCUT2D eigenvalue weighted by atomic mass is 16.5.